The molecule has 0 radical (unpaired) electrons. The Labute approximate surface area is 182 Å². The van der Waals surface area contributed by atoms with Gasteiger partial charge in [0.1, 0.15) is 11.8 Å². The van der Waals surface area contributed by atoms with Crippen LogP contribution in [0.4, 0.5) is 13.2 Å². The first-order chi connectivity index (χ1) is 15.2. The Morgan fingerprint density at radius 1 is 1.16 bits per heavy atom. The van der Waals surface area contributed by atoms with E-state index in [2.05, 4.69) is 20.2 Å². The highest BCUT2D eigenvalue weighted by atomic mass is 19.4. The number of aromatic nitrogens is 5. The van der Waals surface area contributed by atoms with E-state index in [0.29, 0.717) is 30.8 Å². The zero-order valence-corrected chi connectivity index (χ0v) is 17.5. The maximum Gasteiger partial charge on any atom is 0.417 e. The summed E-state index contributed by atoms with van der Waals surface area (Å²) in [4.78, 5) is 24.6. The number of rotatable bonds is 4. The van der Waals surface area contributed by atoms with Crippen LogP contribution in [0.25, 0.3) is 5.69 Å². The molecule has 168 valence electrons. The molecule has 1 unspecified atom stereocenters. The summed E-state index contributed by atoms with van der Waals surface area (Å²) in [6.45, 7) is 4.13. The maximum absolute atomic E-state index is 13.4. The van der Waals surface area contributed by atoms with Gasteiger partial charge in [-0.05, 0) is 44.9 Å². The third-order valence-electron chi connectivity index (χ3n) is 5.36. The molecule has 11 heteroatoms. The molecule has 4 rings (SSSR count). The van der Waals surface area contributed by atoms with E-state index in [1.807, 2.05) is 6.92 Å². The van der Waals surface area contributed by atoms with E-state index < -0.39 is 17.8 Å². The highest BCUT2D eigenvalue weighted by molar-refractivity contribution is 5.96. The third kappa shape index (κ3) is 4.41. The zero-order valence-electron chi connectivity index (χ0n) is 17.5. The van der Waals surface area contributed by atoms with E-state index >= 15 is 0 Å². The Bertz CT molecular complexity index is 1090. The van der Waals surface area contributed by atoms with Crippen LogP contribution < -0.4 is 4.74 Å². The van der Waals surface area contributed by atoms with Crippen LogP contribution in [0, 0.1) is 6.92 Å². The number of carbonyl (C=O) groups excluding carboxylic acids is 1. The predicted molar refractivity (Wildman–Crippen MR) is 107 cm³/mol. The number of aryl methyl sites for hydroxylation is 1. The molecule has 1 amide bonds. The standard InChI is InChI=1S/C21H21F3N6O2/c1-13-5-7-16(30-26-9-10-27-30)19(28-13)20(31)29-11-3-4-17(14(29)2)32-18-8-6-15(12-25-18)21(22,23)24/h5-10,12,14,17H,3-4,11H2,1-2H3/t14?,17-/m0/s1. The lowest BCUT2D eigenvalue weighted by Crippen LogP contribution is -2.51. The monoisotopic (exact) mass is 446 g/mol. The number of halogens is 3. The van der Waals surface area contributed by atoms with Gasteiger partial charge >= 0.3 is 6.18 Å². The summed E-state index contributed by atoms with van der Waals surface area (Å²) in [6, 6.07) is 5.29. The van der Waals surface area contributed by atoms with Crippen LogP contribution in [0.2, 0.25) is 0 Å². The van der Waals surface area contributed by atoms with Gasteiger partial charge in [0.15, 0.2) is 5.69 Å². The lowest BCUT2D eigenvalue weighted by Gasteiger charge is -2.39. The van der Waals surface area contributed by atoms with E-state index in [0.717, 1.165) is 12.3 Å². The van der Waals surface area contributed by atoms with Crippen LogP contribution in [0.3, 0.4) is 0 Å². The molecule has 8 nitrogen and oxygen atoms in total. The molecule has 0 aromatic carbocycles. The fourth-order valence-corrected chi connectivity index (χ4v) is 3.67. The van der Waals surface area contributed by atoms with Gasteiger partial charge in [-0.1, -0.05) is 0 Å². The van der Waals surface area contributed by atoms with Gasteiger partial charge in [0.05, 0.1) is 24.0 Å². The molecule has 32 heavy (non-hydrogen) atoms. The van der Waals surface area contributed by atoms with Gasteiger partial charge in [-0.3, -0.25) is 4.79 Å². The van der Waals surface area contributed by atoms with Crippen molar-refractivity contribution < 1.29 is 22.7 Å². The molecule has 1 aliphatic rings. The summed E-state index contributed by atoms with van der Waals surface area (Å²) in [5.74, 6) is -0.207. The number of nitrogens with zero attached hydrogens (tertiary/aromatic N) is 6. The van der Waals surface area contributed by atoms with E-state index in [4.69, 9.17) is 4.74 Å². The van der Waals surface area contributed by atoms with Gasteiger partial charge < -0.3 is 9.64 Å². The van der Waals surface area contributed by atoms with Gasteiger partial charge in [-0.2, -0.15) is 23.4 Å². The molecule has 4 heterocycles. The number of piperidine rings is 1. The van der Waals surface area contributed by atoms with Crippen LogP contribution in [-0.2, 0) is 6.18 Å². The minimum atomic E-state index is -4.46. The average molecular weight is 446 g/mol. The minimum Gasteiger partial charge on any atom is -0.472 e. The van der Waals surface area contributed by atoms with Crippen LogP contribution in [0.1, 0.15) is 41.5 Å². The molecule has 0 N–H and O–H groups in total. The molecular weight excluding hydrogens is 425 g/mol. The molecule has 0 aliphatic carbocycles. The maximum atomic E-state index is 13.4. The summed E-state index contributed by atoms with van der Waals surface area (Å²) < 4.78 is 44.1. The summed E-state index contributed by atoms with van der Waals surface area (Å²) in [7, 11) is 0. The number of pyridine rings is 2. The predicted octanol–water partition coefficient (Wildman–Crippen LogP) is 3.46. The van der Waals surface area contributed by atoms with E-state index in [-0.39, 0.29) is 23.5 Å². The first-order valence-corrected chi connectivity index (χ1v) is 10.1. The smallest absolute Gasteiger partial charge is 0.417 e. The van der Waals surface area contributed by atoms with Crippen molar-refractivity contribution in [2.75, 3.05) is 6.54 Å². The number of amides is 1. The molecule has 2 atom stereocenters. The van der Waals surface area contributed by atoms with E-state index in [1.165, 1.54) is 23.3 Å². The number of alkyl halides is 3. The Hall–Kier alpha value is -3.50. The van der Waals surface area contributed by atoms with Gasteiger partial charge in [0.2, 0.25) is 5.88 Å². The summed E-state index contributed by atoms with van der Waals surface area (Å²) in [5.41, 5.74) is 0.519. The Kier molecular flexibility index (Phi) is 5.81. The second-order valence-corrected chi connectivity index (χ2v) is 7.56. The second kappa shape index (κ2) is 8.56. The van der Waals surface area contributed by atoms with Crippen molar-refractivity contribution in [1.82, 2.24) is 29.9 Å². The first kappa shape index (κ1) is 21.7. The quantitative estimate of drug-likeness (QED) is 0.610. The molecule has 3 aromatic heterocycles. The second-order valence-electron chi connectivity index (χ2n) is 7.56. The number of hydrogen-bond donors (Lipinski definition) is 0. The molecule has 1 saturated heterocycles. The van der Waals surface area contributed by atoms with Crippen molar-refractivity contribution in [2.24, 2.45) is 0 Å². The SMILES string of the molecule is Cc1ccc(-n2nccn2)c(C(=O)N2CCC[C@H](Oc3ccc(C(F)(F)F)cn3)C2C)n1. The lowest BCUT2D eigenvalue weighted by molar-refractivity contribution is -0.137. The fraction of sp³-hybridized carbons (Fsp3) is 0.381. The van der Waals surface area contributed by atoms with Gasteiger partial charge in [0.25, 0.3) is 5.91 Å². The number of hydrogen-bond acceptors (Lipinski definition) is 6. The summed E-state index contributed by atoms with van der Waals surface area (Å²) in [5, 5.41) is 8.20. The van der Waals surface area contributed by atoms with Crippen molar-refractivity contribution in [3.05, 3.63) is 59.8 Å². The highest BCUT2D eigenvalue weighted by Gasteiger charge is 2.35. The molecule has 0 bridgehead atoms. The number of likely N-dealkylation sites (tertiary alicyclic amines) is 1. The van der Waals surface area contributed by atoms with Crippen molar-refractivity contribution in [2.45, 2.75) is 45.0 Å². The number of ether oxygens (including phenoxy) is 1. The van der Waals surface area contributed by atoms with Gasteiger partial charge in [-0.25, -0.2) is 9.97 Å². The van der Waals surface area contributed by atoms with Crippen LogP contribution in [-0.4, -0.2) is 54.5 Å². The lowest BCUT2D eigenvalue weighted by atomic mass is 9.99. The fourth-order valence-electron chi connectivity index (χ4n) is 3.67. The Morgan fingerprint density at radius 2 is 1.91 bits per heavy atom. The minimum absolute atomic E-state index is 0.0826. The molecule has 1 fully saturated rings. The summed E-state index contributed by atoms with van der Waals surface area (Å²) in [6.07, 6.45) is 0.191. The molecule has 0 spiro atoms. The largest absolute Gasteiger partial charge is 0.472 e. The van der Waals surface area contributed by atoms with Gasteiger partial charge in [-0.15, -0.1) is 4.80 Å². The Morgan fingerprint density at radius 3 is 2.56 bits per heavy atom. The van der Waals surface area contributed by atoms with Crippen LogP contribution in [0.15, 0.2) is 42.9 Å². The zero-order chi connectivity index (χ0) is 22.9. The van der Waals surface area contributed by atoms with E-state index in [9.17, 15) is 18.0 Å². The van der Waals surface area contributed by atoms with Crippen molar-refractivity contribution in [3.8, 4) is 11.6 Å². The van der Waals surface area contributed by atoms with Crippen LogP contribution in [0.5, 0.6) is 5.88 Å². The molecule has 3 aromatic rings. The van der Waals surface area contributed by atoms with Gasteiger partial charge in [0, 0.05) is 24.5 Å². The molecule has 1 aliphatic heterocycles. The van der Waals surface area contributed by atoms with Crippen molar-refractivity contribution in [1.29, 1.82) is 0 Å². The normalized spacial score (nSPS) is 19.1. The van der Waals surface area contributed by atoms with E-state index in [1.54, 1.807) is 24.0 Å². The molecular formula is C21H21F3N6O2. The van der Waals surface area contributed by atoms with Crippen LogP contribution >= 0.6 is 0 Å². The average Bonchev–Trinajstić information content (AvgIpc) is 3.29. The first-order valence-electron chi connectivity index (χ1n) is 10.1. The highest BCUT2D eigenvalue weighted by Crippen LogP contribution is 2.30. The molecule has 0 saturated carbocycles. The topological polar surface area (TPSA) is 86.0 Å². The third-order valence-corrected chi connectivity index (χ3v) is 5.36. The number of carbonyl (C=O) groups is 1. The summed E-state index contributed by atoms with van der Waals surface area (Å²) >= 11 is 0. The Balaban J connectivity index is 1.54. The van der Waals surface area contributed by atoms with Crippen molar-refractivity contribution >= 4 is 5.91 Å². The van der Waals surface area contributed by atoms with Crippen molar-refractivity contribution in [3.63, 3.8) is 0 Å².